The summed E-state index contributed by atoms with van der Waals surface area (Å²) in [6.45, 7) is 6.08. The topological polar surface area (TPSA) is 74.6 Å². The van der Waals surface area contributed by atoms with E-state index in [1.165, 1.54) is 0 Å². The predicted molar refractivity (Wildman–Crippen MR) is 79.1 cm³/mol. The van der Waals surface area contributed by atoms with Crippen molar-refractivity contribution < 1.29 is 18.1 Å². The van der Waals surface area contributed by atoms with E-state index in [9.17, 15) is 13.5 Å². The molecule has 6 heteroatoms. The first-order valence-corrected chi connectivity index (χ1v) is 8.98. The van der Waals surface area contributed by atoms with Crippen LogP contribution in [0.5, 0.6) is 5.75 Å². The number of hydrogen-bond donors (Lipinski definition) is 2. The van der Waals surface area contributed by atoms with Crippen molar-refractivity contribution in [3.05, 3.63) is 29.3 Å². The first-order chi connectivity index (χ1) is 8.59. The molecule has 0 aliphatic heterocycles. The van der Waals surface area contributed by atoms with Gasteiger partial charge in [-0.25, -0.2) is 0 Å². The molecule has 0 saturated carbocycles. The number of rotatable bonds is 5. The van der Waals surface area contributed by atoms with Gasteiger partial charge in [-0.05, 0) is 46.2 Å². The predicted octanol–water partition coefficient (Wildman–Crippen LogP) is 3.16. The van der Waals surface area contributed by atoms with Crippen LogP contribution in [0.1, 0.15) is 38.3 Å². The smallest absolute Gasteiger partial charge is 0.319 e. The van der Waals surface area contributed by atoms with Gasteiger partial charge in [0.15, 0.2) is 0 Å². The van der Waals surface area contributed by atoms with Crippen LogP contribution in [-0.4, -0.2) is 23.8 Å². The van der Waals surface area contributed by atoms with E-state index >= 15 is 0 Å². The zero-order valence-electron chi connectivity index (χ0n) is 11.4. The van der Waals surface area contributed by atoms with Crippen molar-refractivity contribution in [3.8, 4) is 5.75 Å². The minimum Gasteiger partial charge on any atom is -0.508 e. The maximum atomic E-state index is 10.6. The van der Waals surface area contributed by atoms with E-state index in [1.54, 1.807) is 6.07 Å². The number of phenols is 1. The second-order valence-electron chi connectivity index (χ2n) is 5.45. The Morgan fingerprint density at radius 3 is 2.42 bits per heavy atom. The largest absolute Gasteiger partial charge is 0.508 e. The Bertz CT molecular complexity index is 530. The third-order valence-electron chi connectivity index (χ3n) is 2.71. The molecular formula is C13H20O4S2. The van der Waals surface area contributed by atoms with Crippen LogP contribution in [0.25, 0.3) is 0 Å². The molecule has 0 aliphatic rings. The third kappa shape index (κ3) is 5.84. The minimum atomic E-state index is -3.94. The molecule has 0 bridgehead atoms. The van der Waals surface area contributed by atoms with Crippen molar-refractivity contribution in [1.29, 1.82) is 0 Å². The molecule has 19 heavy (non-hydrogen) atoms. The Kier molecular flexibility index (Phi) is 5.29. The molecule has 1 aromatic carbocycles. The lowest BCUT2D eigenvalue weighted by atomic mass is 9.85. The van der Waals surface area contributed by atoms with Crippen molar-refractivity contribution >= 4 is 19.9 Å². The summed E-state index contributed by atoms with van der Waals surface area (Å²) in [5, 5.41) is 9.83. The normalized spacial score (nSPS) is 12.6. The summed E-state index contributed by atoms with van der Waals surface area (Å²) in [7, 11) is -3.40. The van der Waals surface area contributed by atoms with Gasteiger partial charge in [0.2, 0.25) is 0 Å². The van der Waals surface area contributed by atoms with Crippen molar-refractivity contribution in [2.24, 2.45) is 0 Å². The average Bonchev–Trinajstić information content (AvgIpc) is 2.23. The first kappa shape index (κ1) is 16.3. The van der Waals surface area contributed by atoms with Gasteiger partial charge >= 0.3 is 9.15 Å². The van der Waals surface area contributed by atoms with E-state index in [1.807, 2.05) is 32.9 Å². The van der Waals surface area contributed by atoms with Gasteiger partial charge in [0.25, 0.3) is 0 Å². The molecule has 0 unspecified atom stereocenters. The van der Waals surface area contributed by atoms with Crippen LogP contribution in [-0.2, 0) is 21.0 Å². The van der Waals surface area contributed by atoms with Crippen LogP contribution in [0.2, 0.25) is 0 Å². The van der Waals surface area contributed by atoms with Crippen LogP contribution in [0, 0.1) is 0 Å². The summed E-state index contributed by atoms with van der Waals surface area (Å²) in [5.74, 6) is 0.633. The molecule has 1 aromatic rings. The summed E-state index contributed by atoms with van der Waals surface area (Å²) < 4.78 is 29.7. The number of hydrogen-bond acceptors (Lipinski definition) is 4. The fraction of sp³-hybridized carbons (Fsp3) is 0.538. The SMILES string of the molecule is CC(C)(C)c1cc(CCCSS(=O)(=O)O)ccc1O. The van der Waals surface area contributed by atoms with Crippen LogP contribution < -0.4 is 0 Å². The lowest BCUT2D eigenvalue weighted by Gasteiger charge is -2.21. The lowest BCUT2D eigenvalue weighted by molar-refractivity contribution is 0.446. The van der Waals surface area contributed by atoms with Gasteiger partial charge in [-0.2, -0.15) is 8.42 Å². The van der Waals surface area contributed by atoms with Crippen LogP contribution >= 0.6 is 10.8 Å². The van der Waals surface area contributed by atoms with E-state index in [4.69, 9.17) is 4.55 Å². The van der Waals surface area contributed by atoms with Gasteiger partial charge in [-0.3, -0.25) is 4.55 Å². The molecule has 0 atom stereocenters. The molecule has 0 saturated heterocycles. The fourth-order valence-electron chi connectivity index (χ4n) is 1.78. The highest BCUT2D eigenvalue weighted by Gasteiger charge is 2.18. The summed E-state index contributed by atoms with van der Waals surface area (Å²) in [4.78, 5) is 0. The van der Waals surface area contributed by atoms with Gasteiger partial charge in [0, 0.05) is 5.75 Å². The van der Waals surface area contributed by atoms with E-state index in [0.717, 1.165) is 11.1 Å². The van der Waals surface area contributed by atoms with Crippen molar-refractivity contribution in [2.75, 3.05) is 5.75 Å². The highest BCUT2D eigenvalue weighted by atomic mass is 33.1. The van der Waals surface area contributed by atoms with Gasteiger partial charge in [-0.15, -0.1) is 0 Å². The van der Waals surface area contributed by atoms with Crippen LogP contribution in [0.4, 0.5) is 0 Å². The third-order valence-corrected chi connectivity index (χ3v) is 4.86. The molecule has 0 aromatic heterocycles. The molecule has 0 radical (unpaired) electrons. The molecule has 0 heterocycles. The van der Waals surface area contributed by atoms with E-state index in [0.29, 0.717) is 29.4 Å². The maximum absolute atomic E-state index is 10.6. The van der Waals surface area contributed by atoms with Crippen molar-refractivity contribution in [3.63, 3.8) is 0 Å². The molecule has 108 valence electrons. The second-order valence-corrected chi connectivity index (χ2v) is 8.92. The molecule has 4 nitrogen and oxygen atoms in total. The molecule has 1 rings (SSSR count). The molecule has 0 spiro atoms. The fourth-order valence-corrected chi connectivity index (χ4v) is 3.24. The maximum Gasteiger partial charge on any atom is 0.319 e. The lowest BCUT2D eigenvalue weighted by Crippen LogP contribution is -2.11. The number of aryl methyl sites for hydroxylation is 1. The van der Waals surface area contributed by atoms with Gasteiger partial charge in [0.1, 0.15) is 5.75 Å². The monoisotopic (exact) mass is 304 g/mol. The molecule has 2 N–H and O–H groups in total. The van der Waals surface area contributed by atoms with Crippen molar-refractivity contribution in [1.82, 2.24) is 0 Å². The highest BCUT2D eigenvalue weighted by molar-refractivity contribution is 8.69. The van der Waals surface area contributed by atoms with Crippen LogP contribution in [0.15, 0.2) is 18.2 Å². The quantitative estimate of drug-likeness (QED) is 0.496. The number of phenolic OH excluding ortho intramolecular Hbond substituents is 1. The van der Waals surface area contributed by atoms with Gasteiger partial charge in [0.05, 0.1) is 0 Å². The van der Waals surface area contributed by atoms with Gasteiger partial charge in [-0.1, -0.05) is 32.9 Å². The molecule has 0 fully saturated rings. The Hall–Kier alpha value is -0.720. The Morgan fingerprint density at radius 2 is 1.89 bits per heavy atom. The Balaban J connectivity index is 2.66. The van der Waals surface area contributed by atoms with Crippen LogP contribution in [0.3, 0.4) is 0 Å². The Morgan fingerprint density at radius 1 is 1.26 bits per heavy atom. The minimum absolute atomic E-state index is 0.136. The molecule has 0 amide bonds. The molecule has 0 aliphatic carbocycles. The van der Waals surface area contributed by atoms with E-state index < -0.39 is 9.15 Å². The molecular weight excluding hydrogens is 284 g/mol. The number of aromatic hydroxyl groups is 1. The zero-order chi connectivity index (χ0) is 14.7. The average molecular weight is 304 g/mol. The summed E-state index contributed by atoms with van der Waals surface area (Å²) in [6.07, 6.45) is 1.37. The Labute approximate surface area is 118 Å². The van der Waals surface area contributed by atoms with E-state index in [-0.39, 0.29) is 11.2 Å². The van der Waals surface area contributed by atoms with E-state index in [2.05, 4.69) is 0 Å². The standard InChI is InChI=1S/C13H20O4S2/c1-13(2,3)11-9-10(6-7-12(11)14)5-4-8-18-19(15,16)17/h6-7,9,14H,4-5,8H2,1-3H3,(H,15,16,17). The second kappa shape index (κ2) is 6.15. The highest BCUT2D eigenvalue weighted by Crippen LogP contribution is 2.31. The summed E-state index contributed by atoms with van der Waals surface area (Å²) in [6, 6.07) is 5.46. The summed E-state index contributed by atoms with van der Waals surface area (Å²) >= 11 is 0. The van der Waals surface area contributed by atoms with Gasteiger partial charge < -0.3 is 5.11 Å². The number of benzene rings is 1. The van der Waals surface area contributed by atoms with Crippen molar-refractivity contribution in [2.45, 2.75) is 39.0 Å². The zero-order valence-corrected chi connectivity index (χ0v) is 13.0. The first-order valence-electron chi connectivity index (χ1n) is 6.04. The summed E-state index contributed by atoms with van der Waals surface area (Å²) in [5.41, 5.74) is 1.80.